The monoisotopic (exact) mass is 485 g/mol. The van der Waals surface area contributed by atoms with E-state index in [2.05, 4.69) is 26.1 Å². The average Bonchev–Trinajstić information content (AvgIpc) is 2.79. The number of nitrogens with one attached hydrogen (secondary N) is 1. The van der Waals surface area contributed by atoms with E-state index >= 15 is 0 Å². The van der Waals surface area contributed by atoms with Crippen molar-refractivity contribution in [2.75, 3.05) is 11.9 Å². The highest BCUT2D eigenvalue weighted by Crippen LogP contribution is 2.36. The molecule has 1 amide bonds. The Kier molecular flexibility index (Phi) is 8.72. The van der Waals surface area contributed by atoms with Crippen LogP contribution in [0.3, 0.4) is 0 Å². The van der Waals surface area contributed by atoms with Gasteiger partial charge in [-0.25, -0.2) is 9.59 Å². The minimum absolute atomic E-state index is 0.0728. The fraction of sp³-hybridized carbons (Fsp3) is 0.444. The number of benzene rings is 2. The summed E-state index contributed by atoms with van der Waals surface area (Å²) in [7, 11) is 0. The van der Waals surface area contributed by atoms with Crippen molar-refractivity contribution in [2.24, 2.45) is 17.8 Å². The Morgan fingerprint density at radius 3 is 2.38 bits per heavy atom. The maximum Gasteiger partial charge on any atom is 0.339 e. The lowest BCUT2D eigenvalue weighted by molar-refractivity contribution is -0.119. The molecule has 6 nitrogen and oxygen atoms in total. The van der Waals surface area contributed by atoms with Crippen LogP contribution in [0, 0.1) is 24.7 Å². The highest BCUT2D eigenvalue weighted by Gasteiger charge is 2.34. The number of carbonyl (C=O) groups is 3. The predicted molar refractivity (Wildman–Crippen MR) is 132 cm³/mol. The molecule has 1 aliphatic carbocycles. The third kappa shape index (κ3) is 6.60. The first-order chi connectivity index (χ1) is 16.2. The standard InChI is InChI=1S/C27H32ClNO5/c1-16(2)20-12-9-17(3)13-24(20)34-27(32)22-8-6-5-7-21(22)26(31)33-15-25(30)29-19-11-10-18(4)23(28)14-19/h5-8,10-11,14,16-17,20,24H,9,12-13,15H2,1-4H3,(H,29,30)/t17-,20-,24+/m0/s1. The van der Waals surface area contributed by atoms with Gasteiger partial charge in [0, 0.05) is 10.7 Å². The molecule has 0 spiro atoms. The van der Waals surface area contributed by atoms with E-state index < -0.39 is 24.5 Å². The Bertz CT molecular complexity index is 1050. The molecule has 3 rings (SSSR count). The molecule has 1 fully saturated rings. The van der Waals surface area contributed by atoms with Gasteiger partial charge in [0.15, 0.2) is 6.61 Å². The van der Waals surface area contributed by atoms with Gasteiger partial charge in [0.1, 0.15) is 6.10 Å². The second-order valence-electron chi connectivity index (χ2n) is 9.40. The zero-order valence-corrected chi connectivity index (χ0v) is 20.9. The molecule has 2 aromatic rings. The van der Waals surface area contributed by atoms with Crippen molar-refractivity contribution in [3.63, 3.8) is 0 Å². The molecular formula is C27H32ClNO5. The van der Waals surface area contributed by atoms with Crippen LogP contribution in [0.1, 0.15) is 66.3 Å². The fourth-order valence-electron chi connectivity index (χ4n) is 4.37. The molecular weight excluding hydrogens is 454 g/mol. The number of anilines is 1. The third-order valence-electron chi connectivity index (χ3n) is 6.38. The van der Waals surface area contributed by atoms with E-state index in [1.54, 1.807) is 36.4 Å². The van der Waals surface area contributed by atoms with Gasteiger partial charge in [-0.3, -0.25) is 4.79 Å². The van der Waals surface area contributed by atoms with E-state index in [4.69, 9.17) is 21.1 Å². The Balaban J connectivity index is 1.64. The van der Waals surface area contributed by atoms with Gasteiger partial charge in [0.2, 0.25) is 0 Å². The lowest BCUT2D eigenvalue weighted by atomic mass is 9.75. The molecule has 182 valence electrons. The maximum absolute atomic E-state index is 13.0. The lowest BCUT2D eigenvalue weighted by Crippen LogP contribution is -2.36. The van der Waals surface area contributed by atoms with Crippen molar-refractivity contribution < 1.29 is 23.9 Å². The first-order valence-electron chi connectivity index (χ1n) is 11.7. The van der Waals surface area contributed by atoms with Crippen LogP contribution in [0.25, 0.3) is 0 Å². The molecule has 1 N–H and O–H groups in total. The predicted octanol–water partition coefficient (Wildman–Crippen LogP) is 6.06. The zero-order chi connectivity index (χ0) is 24.8. The van der Waals surface area contributed by atoms with Crippen LogP contribution < -0.4 is 5.32 Å². The summed E-state index contributed by atoms with van der Waals surface area (Å²) >= 11 is 6.08. The van der Waals surface area contributed by atoms with Crippen LogP contribution in [0.15, 0.2) is 42.5 Å². The molecule has 1 aliphatic rings. The van der Waals surface area contributed by atoms with E-state index in [9.17, 15) is 14.4 Å². The van der Waals surface area contributed by atoms with E-state index in [1.165, 1.54) is 6.07 Å². The van der Waals surface area contributed by atoms with Crippen LogP contribution >= 0.6 is 11.6 Å². The molecule has 0 saturated heterocycles. The number of halogens is 1. The summed E-state index contributed by atoms with van der Waals surface area (Å²) in [6, 6.07) is 11.5. The molecule has 0 radical (unpaired) electrons. The van der Waals surface area contributed by atoms with Gasteiger partial charge < -0.3 is 14.8 Å². The van der Waals surface area contributed by atoms with Crippen LogP contribution in [-0.4, -0.2) is 30.6 Å². The number of rotatable bonds is 7. The normalized spacial score (nSPS) is 20.0. The number of esters is 2. The lowest BCUT2D eigenvalue weighted by Gasteiger charge is -2.36. The van der Waals surface area contributed by atoms with E-state index in [-0.39, 0.29) is 17.2 Å². The molecule has 3 atom stereocenters. The zero-order valence-electron chi connectivity index (χ0n) is 20.1. The highest BCUT2D eigenvalue weighted by atomic mass is 35.5. The summed E-state index contributed by atoms with van der Waals surface area (Å²) in [5, 5.41) is 3.16. The first kappa shape index (κ1) is 25.8. The van der Waals surface area contributed by atoms with Crippen LogP contribution in [0.4, 0.5) is 5.69 Å². The molecule has 34 heavy (non-hydrogen) atoms. The largest absolute Gasteiger partial charge is 0.458 e. The van der Waals surface area contributed by atoms with Crippen molar-refractivity contribution in [1.82, 2.24) is 0 Å². The van der Waals surface area contributed by atoms with Gasteiger partial charge in [-0.15, -0.1) is 0 Å². The number of hydrogen-bond acceptors (Lipinski definition) is 5. The average molecular weight is 486 g/mol. The summed E-state index contributed by atoms with van der Waals surface area (Å²) < 4.78 is 11.1. The van der Waals surface area contributed by atoms with Crippen molar-refractivity contribution in [3.8, 4) is 0 Å². The molecule has 0 aromatic heterocycles. The van der Waals surface area contributed by atoms with E-state index in [1.807, 2.05) is 6.92 Å². The Morgan fingerprint density at radius 1 is 1.06 bits per heavy atom. The van der Waals surface area contributed by atoms with E-state index in [0.29, 0.717) is 28.5 Å². The SMILES string of the molecule is Cc1ccc(NC(=O)COC(=O)c2ccccc2C(=O)O[C@@H]2C[C@@H](C)CC[C@H]2C(C)C)cc1Cl. The summed E-state index contributed by atoms with van der Waals surface area (Å²) in [6.07, 6.45) is 2.76. The Hall–Kier alpha value is -2.86. The van der Waals surface area contributed by atoms with Crippen molar-refractivity contribution >= 4 is 35.1 Å². The molecule has 0 aliphatic heterocycles. The van der Waals surface area contributed by atoms with E-state index in [0.717, 1.165) is 24.8 Å². The Labute approximate surface area is 206 Å². The van der Waals surface area contributed by atoms with Crippen LogP contribution in [0.5, 0.6) is 0 Å². The molecule has 0 bridgehead atoms. The van der Waals surface area contributed by atoms with Gasteiger partial charge in [0.05, 0.1) is 11.1 Å². The quantitative estimate of drug-likeness (QED) is 0.482. The topological polar surface area (TPSA) is 81.7 Å². The molecule has 1 saturated carbocycles. The van der Waals surface area contributed by atoms with Gasteiger partial charge in [-0.2, -0.15) is 0 Å². The molecule has 0 heterocycles. The van der Waals surface area contributed by atoms with Crippen molar-refractivity contribution in [2.45, 2.75) is 53.1 Å². The minimum atomic E-state index is -0.762. The van der Waals surface area contributed by atoms with Crippen molar-refractivity contribution in [3.05, 3.63) is 64.2 Å². The highest BCUT2D eigenvalue weighted by molar-refractivity contribution is 6.31. The second-order valence-corrected chi connectivity index (χ2v) is 9.81. The second kappa shape index (κ2) is 11.5. The smallest absolute Gasteiger partial charge is 0.339 e. The molecule has 7 heteroatoms. The number of amides is 1. The molecule has 2 aromatic carbocycles. The fourth-order valence-corrected chi connectivity index (χ4v) is 4.55. The van der Waals surface area contributed by atoms with Gasteiger partial charge in [-0.1, -0.05) is 57.0 Å². The number of aryl methyl sites for hydroxylation is 1. The van der Waals surface area contributed by atoms with Crippen LogP contribution in [-0.2, 0) is 14.3 Å². The van der Waals surface area contributed by atoms with Crippen LogP contribution in [0.2, 0.25) is 5.02 Å². The summed E-state index contributed by atoms with van der Waals surface area (Å²) in [6.45, 7) is 7.81. The number of hydrogen-bond donors (Lipinski definition) is 1. The Morgan fingerprint density at radius 2 is 1.74 bits per heavy atom. The molecule has 0 unspecified atom stereocenters. The van der Waals surface area contributed by atoms with Crippen molar-refractivity contribution in [1.29, 1.82) is 0 Å². The first-order valence-corrected chi connectivity index (χ1v) is 12.1. The van der Waals surface area contributed by atoms with Gasteiger partial charge >= 0.3 is 11.9 Å². The third-order valence-corrected chi connectivity index (χ3v) is 6.78. The van der Waals surface area contributed by atoms with Gasteiger partial charge in [-0.05, 0) is 67.3 Å². The van der Waals surface area contributed by atoms with Gasteiger partial charge in [0.25, 0.3) is 5.91 Å². The summed E-state index contributed by atoms with van der Waals surface area (Å²) in [5.74, 6) is -0.650. The number of carbonyl (C=O) groups excluding carboxylic acids is 3. The maximum atomic E-state index is 13.0. The summed E-state index contributed by atoms with van der Waals surface area (Å²) in [5.41, 5.74) is 1.60. The minimum Gasteiger partial charge on any atom is -0.458 e. The summed E-state index contributed by atoms with van der Waals surface area (Å²) in [4.78, 5) is 38.0. The number of ether oxygens (including phenoxy) is 2.